The van der Waals surface area contributed by atoms with Crippen molar-refractivity contribution in [2.75, 3.05) is 34.0 Å². The summed E-state index contributed by atoms with van der Waals surface area (Å²) in [5.41, 5.74) is -1.57. The number of rotatable bonds is 4. The molecule has 1 aliphatic heterocycles. The van der Waals surface area contributed by atoms with Gasteiger partial charge in [0.2, 0.25) is 0 Å². The summed E-state index contributed by atoms with van der Waals surface area (Å²) in [7, 11) is 4.65. The minimum atomic E-state index is -0.759. The fourth-order valence-corrected chi connectivity index (χ4v) is 1.98. The van der Waals surface area contributed by atoms with Crippen molar-refractivity contribution in [3.05, 3.63) is 32.3 Å². The number of hydrogen-bond donors (Lipinski definition) is 1. The molecule has 9 heteroatoms. The van der Waals surface area contributed by atoms with E-state index < -0.39 is 16.9 Å². The van der Waals surface area contributed by atoms with E-state index in [4.69, 9.17) is 4.74 Å². The van der Waals surface area contributed by atoms with Crippen LogP contribution in [0.4, 0.5) is 0 Å². The molecule has 2 rings (SSSR count). The monoisotopic (exact) mass is 295 g/mol. The minimum absolute atomic E-state index is 0.0305. The summed E-state index contributed by atoms with van der Waals surface area (Å²) in [6, 6.07) is 0. The number of methoxy groups -OCH3 is 1. The van der Waals surface area contributed by atoms with Gasteiger partial charge in [0.25, 0.3) is 11.3 Å². The number of amides is 1. The maximum atomic E-state index is 12.4. The van der Waals surface area contributed by atoms with Gasteiger partial charge in [0.15, 0.2) is 5.71 Å². The molecule has 0 saturated carbocycles. The second kappa shape index (κ2) is 5.92. The van der Waals surface area contributed by atoms with Crippen LogP contribution >= 0.6 is 0 Å². The largest absolute Gasteiger partial charge is 0.383 e. The molecule has 1 aromatic rings. The highest BCUT2D eigenvalue weighted by molar-refractivity contribution is 6.45. The van der Waals surface area contributed by atoms with Gasteiger partial charge in [0, 0.05) is 33.9 Å². The smallest absolute Gasteiger partial charge is 0.313 e. The molecule has 114 valence electrons. The molecule has 9 nitrogen and oxygen atoms in total. The number of nitrogens with zero attached hydrogens (tertiary/aromatic N) is 4. The van der Waals surface area contributed by atoms with Gasteiger partial charge in [-0.15, -0.1) is 0 Å². The van der Waals surface area contributed by atoms with Crippen molar-refractivity contribution in [1.29, 1.82) is 0 Å². The molecule has 0 aromatic carbocycles. The fraction of sp³-hybridized carbons (Fsp3) is 0.500. The van der Waals surface area contributed by atoms with Gasteiger partial charge in [-0.1, -0.05) is 0 Å². The number of aryl methyl sites for hydroxylation is 1. The maximum absolute atomic E-state index is 12.4. The van der Waals surface area contributed by atoms with Crippen molar-refractivity contribution >= 4 is 11.6 Å². The summed E-state index contributed by atoms with van der Waals surface area (Å²) in [5.74, 6) is -0.399. The van der Waals surface area contributed by atoms with Crippen molar-refractivity contribution in [2.45, 2.75) is 0 Å². The quantitative estimate of drug-likeness (QED) is 0.658. The number of ether oxygens (including phenoxy) is 1. The highest BCUT2D eigenvalue weighted by Crippen LogP contribution is 2.07. The van der Waals surface area contributed by atoms with Crippen LogP contribution in [0.15, 0.2) is 20.9 Å². The number of hydrazone groups is 1. The number of aromatic amines is 1. The highest BCUT2D eigenvalue weighted by Gasteiger charge is 2.29. The van der Waals surface area contributed by atoms with E-state index in [1.165, 1.54) is 23.2 Å². The minimum Gasteiger partial charge on any atom is -0.383 e. The first-order chi connectivity index (χ1) is 9.95. The second-order valence-electron chi connectivity index (χ2n) is 4.69. The van der Waals surface area contributed by atoms with Crippen LogP contribution in [0, 0.1) is 0 Å². The zero-order chi connectivity index (χ0) is 15.6. The van der Waals surface area contributed by atoms with Crippen molar-refractivity contribution < 1.29 is 9.53 Å². The first kappa shape index (κ1) is 15.0. The van der Waals surface area contributed by atoms with E-state index >= 15 is 0 Å². The Kier molecular flexibility index (Phi) is 4.22. The first-order valence-corrected chi connectivity index (χ1v) is 6.32. The number of H-pyrrole nitrogens is 1. The maximum Gasteiger partial charge on any atom is 0.313 e. The predicted octanol–water partition coefficient (Wildman–Crippen LogP) is -1.84. The fourth-order valence-electron chi connectivity index (χ4n) is 1.98. The molecule has 0 spiro atoms. The summed E-state index contributed by atoms with van der Waals surface area (Å²) < 4.78 is 6.00. The van der Waals surface area contributed by atoms with Crippen LogP contribution in [-0.2, 0) is 16.6 Å². The van der Waals surface area contributed by atoms with E-state index in [-0.39, 0.29) is 11.3 Å². The molecule has 0 saturated heterocycles. The molecule has 0 atom stereocenters. The molecule has 1 aromatic heterocycles. The van der Waals surface area contributed by atoms with Crippen molar-refractivity contribution in [2.24, 2.45) is 12.1 Å². The van der Waals surface area contributed by atoms with E-state index in [1.807, 2.05) is 0 Å². The van der Waals surface area contributed by atoms with Gasteiger partial charge in [-0.3, -0.25) is 24.1 Å². The van der Waals surface area contributed by atoms with Gasteiger partial charge in [-0.2, -0.15) is 5.10 Å². The third kappa shape index (κ3) is 2.87. The summed E-state index contributed by atoms with van der Waals surface area (Å²) in [6.45, 7) is 1.05. The zero-order valence-electron chi connectivity index (χ0n) is 12.1. The van der Waals surface area contributed by atoms with Crippen LogP contribution in [0.2, 0.25) is 0 Å². The van der Waals surface area contributed by atoms with Gasteiger partial charge >= 0.3 is 5.56 Å². The Morgan fingerprint density at radius 1 is 1.33 bits per heavy atom. The van der Waals surface area contributed by atoms with Crippen LogP contribution in [0.25, 0.3) is 0 Å². The lowest BCUT2D eigenvalue weighted by Crippen LogP contribution is -2.50. The standard InChI is InChI=1S/C12H17N5O4/c1-15-7-17(4-5-21-3)11(19)9(14-15)8-6-13-16(2)12(20)10(8)18/h6,13H,4-5,7H2,1-3H3. The summed E-state index contributed by atoms with van der Waals surface area (Å²) in [6.07, 6.45) is 1.31. The van der Waals surface area contributed by atoms with Gasteiger partial charge in [0.1, 0.15) is 6.67 Å². The normalized spacial score (nSPS) is 15.4. The van der Waals surface area contributed by atoms with E-state index in [2.05, 4.69) is 10.2 Å². The molecular formula is C12H17N5O4. The molecule has 2 heterocycles. The van der Waals surface area contributed by atoms with E-state index in [0.717, 1.165) is 4.68 Å². The molecule has 1 N–H and O–H groups in total. The van der Waals surface area contributed by atoms with Crippen molar-refractivity contribution in [3.63, 3.8) is 0 Å². The first-order valence-electron chi connectivity index (χ1n) is 6.32. The van der Waals surface area contributed by atoms with Crippen LogP contribution in [0.3, 0.4) is 0 Å². The van der Waals surface area contributed by atoms with Crippen LogP contribution in [0.1, 0.15) is 5.56 Å². The second-order valence-corrected chi connectivity index (χ2v) is 4.69. The van der Waals surface area contributed by atoms with Crippen LogP contribution < -0.4 is 11.0 Å². The predicted molar refractivity (Wildman–Crippen MR) is 75.1 cm³/mol. The van der Waals surface area contributed by atoms with E-state index in [9.17, 15) is 14.4 Å². The number of carbonyl (C=O) groups is 1. The zero-order valence-corrected chi connectivity index (χ0v) is 12.1. The molecule has 21 heavy (non-hydrogen) atoms. The molecule has 0 fully saturated rings. The van der Waals surface area contributed by atoms with Gasteiger partial charge < -0.3 is 14.7 Å². The lowest BCUT2D eigenvalue weighted by molar-refractivity contribution is -0.128. The van der Waals surface area contributed by atoms with E-state index in [0.29, 0.717) is 19.8 Å². The average Bonchev–Trinajstić information content (AvgIpc) is 2.46. The highest BCUT2D eigenvalue weighted by atomic mass is 16.5. The SMILES string of the molecule is COCCN1CN(C)N=C(c2c[nH]n(C)c(=O)c2=O)C1=O. The molecule has 0 unspecified atom stereocenters. The Morgan fingerprint density at radius 2 is 2.05 bits per heavy atom. The molecule has 0 aliphatic carbocycles. The summed E-state index contributed by atoms with van der Waals surface area (Å²) >= 11 is 0. The lowest BCUT2D eigenvalue weighted by Gasteiger charge is -2.31. The summed E-state index contributed by atoms with van der Waals surface area (Å²) in [5, 5.41) is 8.21. The number of aromatic nitrogens is 2. The molecular weight excluding hydrogens is 278 g/mol. The van der Waals surface area contributed by atoms with Gasteiger partial charge in [-0.05, 0) is 0 Å². The lowest BCUT2D eigenvalue weighted by atomic mass is 10.1. The number of nitrogens with one attached hydrogen (secondary N) is 1. The number of hydrogen-bond acceptors (Lipinski definition) is 6. The molecule has 1 aliphatic rings. The molecule has 1 amide bonds. The third-order valence-corrected chi connectivity index (χ3v) is 3.10. The summed E-state index contributed by atoms with van der Waals surface area (Å²) in [4.78, 5) is 37.6. The van der Waals surface area contributed by atoms with Gasteiger partial charge in [-0.25, -0.2) is 0 Å². The molecule has 0 bridgehead atoms. The topological polar surface area (TPSA) is 100 Å². The van der Waals surface area contributed by atoms with Crippen LogP contribution in [0.5, 0.6) is 0 Å². The Bertz CT molecular complexity index is 690. The Labute approximate surface area is 120 Å². The van der Waals surface area contributed by atoms with Crippen LogP contribution in [-0.4, -0.2) is 65.3 Å². The Morgan fingerprint density at radius 3 is 2.71 bits per heavy atom. The van der Waals surface area contributed by atoms with E-state index in [1.54, 1.807) is 14.2 Å². The van der Waals surface area contributed by atoms with Crippen molar-refractivity contribution in [3.8, 4) is 0 Å². The van der Waals surface area contributed by atoms with Gasteiger partial charge in [0.05, 0.1) is 12.2 Å². The third-order valence-electron chi connectivity index (χ3n) is 3.10. The number of carbonyl (C=O) groups excluding carboxylic acids is 1. The Hall–Kier alpha value is -2.42. The Balaban J connectivity index is 2.43. The molecule has 0 radical (unpaired) electrons. The van der Waals surface area contributed by atoms with Crippen molar-refractivity contribution in [1.82, 2.24) is 19.7 Å². The average molecular weight is 295 g/mol.